The molecule has 1 heterocycles. The Balaban J connectivity index is 3.00. The topological polar surface area (TPSA) is 76.3 Å². The van der Waals surface area contributed by atoms with E-state index in [2.05, 4.69) is 4.98 Å². The van der Waals surface area contributed by atoms with Crippen LogP contribution in [0.5, 0.6) is 0 Å². The standard InChI is InChI=1S/C10H13N3O3/c1-3-12(4-2)10(14)8-6-5-7-9(11-8)13(15)16/h5-7H,3-4H2,1-2H3. The number of nitrogens with zero attached hydrogens (tertiary/aromatic N) is 3. The fourth-order valence-electron chi connectivity index (χ4n) is 1.32. The molecule has 0 aliphatic rings. The van der Waals surface area contributed by atoms with Gasteiger partial charge in [-0.3, -0.25) is 4.79 Å². The van der Waals surface area contributed by atoms with Crippen molar-refractivity contribution >= 4 is 11.7 Å². The van der Waals surface area contributed by atoms with E-state index in [0.717, 1.165) is 0 Å². The maximum atomic E-state index is 11.8. The van der Waals surface area contributed by atoms with Crippen molar-refractivity contribution in [2.75, 3.05) is 13.1 Å². The van der Waals surface area contributed by atoms with E-state index in [4.69, 9.17) is 0 Å². The number of hydrogen-bond acceptors (Lipinski definition) is 4. The third kappa shape index (κ3) is 2.53. The maximum absolute atomic E-state index is 11.8. The first-order valence-corrected chi connectivity index (χ1v) is 5.00. The largest absolute Gasteiger partial charge is 0.364 e. The second-order valence-corrected chi connectivity index (χ2v) is 3.12. The quantitative estimate of drug-likeness (QED) is 0.572. The molecule has 0 saturated heterocycles. The molecule has 6 nitrogen and oxygen atoms in total. The van der Waals surface area contributed by atoms with Crippen LogP contribution in [0.3, 0.4) is 0 Å². The zero-order valence-electron chi connectivity index (χ0n) is 9.21. The molecule has 0 saturated carbocycles. The third-order valence-electron chi connectivity index (χ3n) is 2.19. The molecule has 86 valence electrons. The molecule has 0 spiro atoms. The van der Waals surface area contributed by atoms with E-state index in [0.29, 0.717) is 13.1 Å². The molecule has 1 aromatic rings. The fourth-order valence-corrected chi connectivity index (χ4v) is 1.32. The minimum atomic E-state index is -0.612. The van der Waals surface area contributed by atoms with Crippen molar-refractivity contribution in [1.82, 2.24) is 9.88 Å². The Morgan fingerprint density at radius 2 is 2.06 bits per heavy atom. The Hall–Kier alpha value is -1.98. The molecule has 0 aliphatic carbocycles. The predicted octanol–water partition coefficient (Wildman–Crippen LogP) is 1.47. The molecule has 0 N–H and O–H groups in total. The van der Waals surface area contributed by atoms with Gasteiger partial charge in [0.25, 0.3) is 5.91 Å². The van der Waals surface area contributed by atoms with Crippen LogP contribution in [0.25, 0.3) is 0 Å². The van der Waals surface area contributed by atoms with Gasteiger partial charge < -0.3 is 15.0 Å². The minimum Gasteiger partial charge on any atom is -0.358 e. The van der Waals surface area contributed by atoms with Gasteiger partial charge in [-0.2, -0.15) is 0 Å². The van der Waals surface area contributed by atoms with Crippen LogP contribution in [0.4, 0.5) is 5.82 Å². The van der Waals surface area contributed by atoms with E-state index >= 15 is 0 Å². The molecule has 0 aromatic carbocycles. The van der Waals surface area contributed by atoms with E-state index < -0.39 is 4.92 Å². The van der Waals surface area contributed by atoms with Gasteiger partial charge in [-0.05, 0) is 35.9 Å². The smallest absolute Gasteiger partial charge is 0.358 e. The minimum absolute atomic E-state index is 0.109. The Morgan fingerprint density at radius 1 is 1.44 bits per heavy atom. The van der Waals surface area contributed by atoms with Crippen molar-refractivity contribution in [1.29, 1.82) is 0 Å². The number of carbonyl (C=O) groups excluding carboxylic acids is 1. The van der Waals surface area contributed by atoms with Crippen LogP contribution in [-0.4, -0.2) is 33.8 Å². The van der Waals surface area contributed by atoms with Crippen LogP contribution in [0.15, 0.2) is 18.2 Å². The summed E-state index contributed by atoms with van der Waals surface area (Å²) in [6, 6.07) is 4.20. The molecule has 1 amide bonds. The summed E-state index contributed by atoms with van der Waals surface area (Å²) < 4.78 is 0. The van der Waals surface area contributed by atoms with Crippen LogP contribution in [-0.2, 0) is 0 Å². The van der Waals surface area contributed by atoms with Crippen LogP contribution >= 0.6 is 0 Å². The highest BCUT2D eigenvalue weighted by Crippen LogP contribution is 2.09. The second kappa shape index (κ2) is 5.20. The van der Waals surface area contributed by atoms with Crippen molar-refractivity contribution in [2.24, 2.45) is 0 Å². The predicted molar refractivity (Wildman–Crippen MR) is 58.1 cm³/mol. The molecule has 1 aromatic heterocycles. The van der Waals surface area contributed by atoms with Crippen molar-refractivity contribution in [3.8, 4) is 0 Å². The first-order chi connectivity index (χ1) is 7.60. The van der Waals surface area contributed by atoms with Gasteiger partial charge in [-0.15, -0.1) is 0 Å². The maximum Gasteiger partial charge on any atom is 0.364 e. The van der Waals surface area contributed by atoms with Gasteiger partial charge in [0.2, 0.25) is 5.69 Å². The lowest BCUT2D eigenvalue weighted by Crippen LogP contribution is -2.31. The first kappa shape index (κ1) is 12.1. The summed E-state index contributed by atoms with van der Waals surface area (Å²) >= 11 is 0. The highest BCUT2D eigenvalue weighted by molar-refractivity contribution is 5.92. The van der Waals surface area contributed by atoms with Gasteiger partial charge in [0.15, 0.2) is 0 Å². The lowest BCUT2D eigenvalue weighted by atomic mass is 10.3. The Morgan fingerprint density at radius 3 is 2.56 bits per heavy atom. The molecule has 0 bridgehead atoms. The van der Waals surface area contributed by atoms with E-state index in [9.17, 15) is 14.9 Å². The summed E-state index contributed by atoms with van der Waals surface area (Å²) in [6.07, 6.45) is 0. The molecule has 0 fully saturated rings. The summed E-state index contributed by atoms with van der Waals surface area (Å²) in [4.78, 5) is 27.0. The number of amides is 1. The van der Waals surface area contributed by atoms with Crippen LogP contribution in [0.2, 0.25) is 0 Å². The zero-order chi connectivity index (χ0) is 12.1. The van der Waals surface area contributed by atoms with Gasteiger partial charge in [-0.1, -0.05) is 0 Å². The molecular weight excluding hydrogens is 210 g/mol. The fraction of sp³-hybridized carbons (Fsp3) is 0.400. The van der Waals surface area contributed by atoms with Gasteiger partial charge in [-0.25, -0.2) is 0 Å². The van der Waals surface area contributed by atoms with E-state index in [-0.39, 0.29) is 17.4 Å². The number of hydrogen-bond donors (Lipinski definition) is 0. The van der Waals surface area contributed by atoms with Gasteiger partial charge >= 0.3 is 5.82 Å². The summed E-state index contributed by atoms with van der Waals surface area (Å²) in [6.45, 7) is 4.80. The molecule has 16 heavy (non-hydrogen) atoms. The van der Waals surface area contributed by atoms with Crippen LogP contribution < -0.4 is 0 Å². The summed E-state index contributed by atoms with van der Waals surface area (Å²) in [7, 11) is 0. The van der Waals surface area contributed by atoms with E-state index in [1.807, 2.05) is 13.8 Å². The number of rotatable bonds is 4. The van der Waals surface area contributed by atoms with Crippen LogP contribution in [0.1, 0.15) is 24.3 Å². The molecule has 6 heteroatoms. The number of carbonyl (C=O) groups is 1. The van der Waals surface area contributed by atoms with E-state index in [1.165, 1.54) is 18.2 Å². The van der Waals surface area contributed by atoms with Gasteiger partial charge in [0, 0.05) is 19.2 Å². The molecular formula is C10H13N3O3. The molecule has 1 rings (SSSR count). The SMILES string of the molecule is CCN(CC)C(=O)c1cccc([N+](=O)[O-])n1. The number of pyridine rings is 1. The summed E-state index contributed by atoms with van der Waals surface area (Å²) in [5.74, 6) is -0.591. The van der Waals surface area contributed by atoms with Crippen LogP contribution in [0, 0.1) is 10.1 Å². The first-order valence-electron chi connectivity index (χ1n) is 5.00. The van der Waals surface area contributed by atoms with E-state index in [1.54, 1.807) is 4.90 Å². The Kier molecular flexibility index (Phi) is 3.93. The van der Waals surface area contributed by atoms with Crippen molar-refractivity contribution in [2.45, 2.75) is 13.8 Å². The van der Waals surface area contributed by atoms with Gasteiger partial charge in [0.1, 0.15) is 0 Å². The molecule has 0 atom stereocenters. The van der Waals surface area contributed by atoms with Gasteiger partial charge in [0.05, 0.1) is 0 Å². The summed E-state index contributed by atoms with van der Waals surface area (Å²) in [5.41, 5.74) is 0.109. The zero-order valence-corrected chi connectivity index (χ0v) is 9.21. The molecule has 0 aliphatic heterocycles. The lowest BCUT2D eigenvalue weighted by molar-refractivity contribution is -0.389. The third-order valence-corrected chi connectivity index (χ3v) is 2.19. The lowest BCUT2D eigenvalue weighted by Gasteiger charge is -2.15. The molecule has 0 radical (unpaired) electrons. The molecule has 0 unspecified atom stereocenters. The average molecular weight is 223 g/mol. The van der Waals surface area contributed by atoms with Crippen molar-refractivity contribution in [3.05, 3.63) is 34.0 Å². The average Bonchev–Trinajstić information content (AvgIpc) is 2.30. The van der Waals surface area contributed by atoms with Crippen molar-refractivity contribution in [3.63, 3.8) is 0 Å². The Labute approximate surface area is 93.1 Å². The highest BCUT2D eigenvalue weighted by Gasteiger charge is 2.20. The second-order valence-electron chi connectivity index (χ2n) is 3.12. The number of aromatic nitrogens is 1. The monoisotopic (exact) mass is 223 g/mol. The Bertz CT molecular complexity index is 402. The number of nitro groups is 1. The summed E-state index contributed by atoms with van der Waals surface area (Å²) in [5, 5.41) is 10.5. The highest BCUT2D eigenvalue weighted by atomic mass is 16.6. The normalized spacial score (nSPS) is 9.88. The van der Waals surface area contributed by atoms with Crippen molar-refractivity contribution < 1.29 is 9.72 Å².